The second kappa shape index (κ2) is 7.48. The van der Waals surface area contributed by atoms with Crippen LogP contribution in [0.4, 0.5) is 5.69 Å². The van der Waals surface area contributed by atoms with E-state index in [-0.39, 0.29) is 11.5 Å². The van der Waals surface area contributed by atoms with Gasteiger partial charge in [0.15, 0.2) is 11.5 Å². The van der Waals surface area contributed by atoms with E-state index in [0.717, 1.165) is 11.6 Å². The fourth-order valence-electron chi connectivity index (χ4n) is 2.27. The number of carbonyl (C=O) groups is 1. The van der Waals surface area contributed by atoms with Crippen molar-refractivity contribution in [1.82, 2.24) is 0 Å². The normalized spacial score (nSPS) is 10.7. The molecule has 0 bridgehead atoms. The number of carbonyl (C=O) groups excluding carboxylic acids is 1. The van der Waals surface area contributed by atoms with Crippen molar-refractivity contribution in [3.05, 3.63) is 63.2 Å². The number of ether oxygens (including phenoxy) is 2. The van der Waals surface area contributed by atoms with Crippen LogP contribution in [0.25, 0.3) is 6.08 Å². The van der Waals surface area contributed by atoms with Crippen LogP contribution in [0, 0.1) is 17.0 Å². The lowest BCUT2D eigenvalue weighted by Gasteiger charge is -2.07. The van der Waals surface area contributed by atoms with E-state index in [1.54, 1.807) is 18.2 Å². The zero-order valence-electron chi connectivity index (χ0n) is 14.0. The predicted molar refractivity (Wildman–Crippen MR) is 92.4 cm³/mol. The maximum atomic E-state index is 12.4. The van der Waals surface area contributed by atoms with Gasteiger partial charge in [0.05, 0.1) is 24.7 Å². The van der Waals surface area contributed by atoms with E-state index in [1.165, 1.54) is 32.4 Å². The molecule has 0 unspecified atom stereocenters. The quantitative estimate of drug-likeness (QED) is 0.373. The number of phenolic OH excluding ortho intramolecular Hbond substituents is 1. The number of nitro groups is 1. The Morgan fingerprint density at radius 1 is 1.16 bits per heavy atom. The molecule has 0 aliphatic rings. The highest BCUT2D eigenvalue weighted by atomic mass is 16.6. The summed E-state index contributed by atoms with van der Waals surface area (Å²) in [7, 11) is 2.76. The first-order valence-corrected chi connectivity index (χ1v) is 7.29. The summed E-state index contributed by atoms with van der Waals surface area (Å²) in [6.07, 6.45) is 2.69. The number of nitro benzene ring substituents is 1. The number of methoxy groups -OCH3 is 2. The minimum Gasteiger partial charge on any atom is -0.500 e. The molecule has 25 heavy (non-hydrogen) atoms. The lowest BCUT2D eigenvalue weighted by molar-refractivity contribution is -0.386. The van der Waals surface area contributed by atoms with Crippen LogP contribution in [0.15, 0.2) is 36.4 Å². The summed E-state index contributed by atoms with van der Waals surface area (Å²) in [4.78, 5) is 22.6. The number of phenols is 1. The van der Waals surface area contributed by atoms with Gasteiger partial charge < -0.3 is 14.6 Å². The number of rotatable bonds is 6. The van der Waals surface area contributed by atoms with Crippen molar-refractivity contribution >= 4 is 17.5 Å². The molecule has 0 aliphatic heterocycles. The van der Waals surface area contributed by atoms with E-state index >= 15 is 0 Å². The third kappa shape index (κ3) is 3.95. The first-order valence-electron chi connectivity index (χ1n) is 7.29. The number of hydrogen-bond donors (Lipinski definition) is 1. The Hall–Kier alpha value is -3.35. The number of ketones is 1. The molecule has 2 aromatic rings. The Labute approximate surface area is 144 Å². The highest BCUT2D eigenvalue weighted by molar-refractivity contribution is 6.08. The first-order chi connectivity index (χ1) is 11.9. The van der Waals surface area contributed by atoms with Crippen LogP contribution in [0.5, 0.6) is 17.2 Å². The zero-order valence-corrected chi connectivity index (χ0v) is 14.0. The van der Waals surface area contributed by atoms with Crippen LogP contribution in [-0.4, -0.2) is 30.0 Å². The van der Waals surface area contributed by atoms with Gasteiger partial charge in [0.25, 0.3) is 0 Å². The van der Waals surface area contributed by atoms with E-state index < -0.39 is 16.4 Å². The van der Waals surface area contributed by atoms with Gasteiger partial charge in [0.1, 0.15) is 5.75 Å². The Balaban J connectivity index is 2.37. The molecule has 0 amide bonds. The van der Waals surface area contributed by atoms with Crippen molar-refractivity contribution in [1.29, 1.82) is 0 Å². The molecule has 0 heterocycles. The average Bonchev–Trinajstić information content (AvgIpc) is 2.59. The summed E-state index contributed by atoms with van der Waals surface area (Å²) < 4.78 is 10.1. The summed E-state index contributed by atoms with van der Waals surface area (Å²) >= 11 is 0. The van der Waals surface area contributed by atoms with Crippen molar-refractivity contribution in [2.75, 3.05) is 14.2 Å². The topological polar surface area (TPSA) is 98.9 Å². The number of nitrogens with zero attached hydrogens (tertiary/aromatic N) is 1. The van der Waals surface area contributed by atoms with Crippen LogP contribution < -0.4 is 9.47 Å². The van der Waals surface area contributed by atoms with Gasteiger partial charge in [-0.2, -0.15) is 0 Å². The van der Waals surface area contributed by atoms with E-state index in [0.29, 0.717) is 16.9 Å². The summed E-state index contributed by atoms with van der Waals surface area (Å²) in [6, 6.07) is 7.75. The van der Waals surface area contributed by atoms with Crippen LogP contribution in [0.3, 0.4) is 0 Å². The van der Waals surface area contributed by atoms with Crippen molar-refractivity contribution in [2.24, 2.45) is 0 Å². The SMILES string of the molecule is COc1cc(C)ccc1C(=O)/C=C/c1cc(OC)c(O)c([N+](=O)[O-])c1. The number of aromatic hydroxyl groups is 1. The molecule has 2 rings (SSSR count). The Bertz CT molecular complexity index is 857. The van der Waals surface area contributed by atoms with Crippen LogP contribution in [0.2, 0.25) is 0 Å². The molecule has 0 fully saturated rings. The molecule has 7 nitrogen and oxygen atoms in total. The Morgan fingerprint density at radius 2 is 1.84 bits per heavy atom. The number of allylic oxidation sites excluding steroid dienone is 1. The maximum Gasteiger partial charge on any atom is 0.315 e. The molecule has 0 aliphatic carbocycles. The van der Waals surface area contributed by atoms with Gasteiger partial charge in [-0.15, -0.1) is 0 Å². The van der Waals surface area contributed by atoms with Gasteiger partial charge in [-0.3, -0.25) is 14.9 Å². The fraction of sp³-hybridized carbons (Fsp3) is 0.167. The van der Waals surface area contributed by atoms with E-state index in [2.05, 4.69) is 0 Å². The molecule has 0 radical (unpaired) electrons. The lowest BCUT2D eigenvalue weighted by atomic mass is 10.1. The summed E-state index contributed by atoms with van der Waals surface area (Å²) in [5.41, 5.74) is 1.18. The van der Waals surface area contributed by atoms with E-state index in [1.807, 2.05) is 6.92 Å². The highest BCUT2D eigenvalue weighted by Crippen LogP contribution is 2.37. The van der Waals surface area contributed by atoms with Crippen molar-refractivity contribution in [3.8, 4) is 17.2 Å². The number of aryl methyl sites for hydroxylation is 1. The largest absolute Gasteiger partial charge is 0.500 e. The van der Waals surface area contributed by atoms with Crippen molar-refractivity contribution < 1.29 is 24.3 Å². The second-order valence-electron chi connectivity index (χ2n) is 5.25. The van der Waals surface area contributed by atoms with Crippen LogP contribution in [0.1, 0.15) is 21.5 Å². The highest BCUT2D eigenvalue weighted by Gasteiger charge is 2.19. The molecular weight excluding hydrogens is 326 g/mol. The van der Waals surface area contributed by atoms with Crippen molar-refractivity contribution in [2.45, 2.75) is 6.92 Å². The summed E-state index contributed by atoms with van der Waals surface area (Å²) in [6.45, 7) is 1.88. The van der Waals surface area contributed by atoms with Gasteiger partial charge in [-0.05, 0) is 42.3 Å². The molecule has 1 N–H and O–H groups in total. The Morgan fingerprint density at radius 3 is 2.44 bits per heavy atom. The van der Waals surface area contributed by atoms with Crippen molar-refractivity contribution in [3.63, 3.8) is 0 Å². The Kier molecular flexibility index (Phi) is 5.38. The second-order valence-corrected chi connectivity index (χ2v) is 5.25. The van der Waals surface area contributed by atoms with Gasteiger partial charge in [0.2, 0.25) is 5.75 Å². The standard InChI is InChI=1S/C18H17NO6/c1-11-4-6-13(16(8-11)24-2)15(20)7-5-12-9-14(19(22)23)18(21)17(10-12)25-3/h4-10,21H,1-3H3/b7-5+. The third-order valence-corrected chi connectivity index (χ3v) is 3.54. The summed E-state index contributed by atoms with van der Waals surface area (Å²) in [5, 5.41) is 20.8. The fourth-order valence-corrected chi connectivity index (χ4v) is 2.27. The number of hydrogen-bond acceptors (Lipinski definition) is 6. The van der Waals surface area contributed by atoms with Gasteiger partial charge in [-0.1, -0.05) is 12.1 Å². The van der Waals surface area contributed by atoms with Gasteiger partial charge in [0, 0.05) is 6.07 Å². The van der Waals surface area contributed by atoms with Gasteiger partial charge in [-0.25, -0.2) is 0 Å². The minimum atomic E-state index is -0.722. The molecule has 130 valence electrons. The first kappa shape index (κ1) is 18.0. The molecular formula is C18H17NO6. The maximum absolute atomic E-state index is 12.4. The number of benzene rings is 2. The van der Waals surface area contributed by atoms with Gasteiger partial charge >= 0.3 is 5.69 Å². The third-order valence-electron chi connectivity index (χ3n) is 3.54. The molecule has 7 heteroatoms. The monoisotopic (exact) mass is 343 g/mol. The molecule has 0 atom stereocenters. The average molecular weight is 343 g/mol. The molecule has 0 saturated heterocycles. The van der Waals surface area contributed by atoms with E-state index in [4.69, 9.17) is 9.47 Å². The smallest absolute Gasteiger partial charge is 0.315 e. The molecule has 0 aromatic heterocycles. The molecule has 0 saturated carbocycles. The zero-order chi connectivity index (χ0) is 18.6. The van der Waals surface area contributed by atoms with E-state index in [9.17, 15) is 20.0 Å². The molecule has 2 aromatic carbocycles. The van der Waals surface area contributed by atoms with Crippen LogP contribution >= 0.6 is 0 Å². The minimum absolute atomic E-state index is 0.0470. The molecule has 0 spiro atoms. The predicted octanol–water partition coefficient (Wildman–Crippen LogP) is 3.52. The lowest BCUT2D eigenvalue weighted by Crippen LogP contribution is -1.99. The van der Waals surface area contributed by atoms with Crippen LogP contribution in [-0.2, 0) is 0 Å². The summed E-state index contributed by atoms with van der Waals surface area (Å²) in [5.74, 6) is -0.471.